The van der Waals surface area contributed by atoms with E-state index in [9.17, 15) is 0 Å². The maximum Gasteiger partial charge on any atom is 0.0980 e. The van der Waals surface area contributed by atoms with Gasteiger partial charge in [-0.15, -0.1) is 0 Å². The van der Waals surface area contributed by atoms with Crippen molar-refractivity contribution in [1.82, 2.24) is 9.80 Å². The molecule has 3 nitrogen and oxygen atoms in total. The summed E-state index contributed by atoms with van der Waals surface area (Å²) in [6.07, 6.45) is 6.06. The maximum absolute atomic E-state index is 6.44. The summed E-state index contributed by atoms with van der Waals surface area (Å²) in [6.45, 7) is 19.2. The number of likely N-dealkylation sites (N-methyl/N-ethyl adjacent to an activating group) is 1. The zero-order valence-electron chi connectivity index (χ0n) is 16.4. The van der Waals surface area contributed by atoms with E-state index in [0.29, 0.717) is 12.2 Å². The largest absolute Gasteiger partial charge is 0.372 e. The fourth-order valence-electron chi connectivity index (χ4n) is 3.01. The summed E-state index contributed by atoms with van der Waals surface area (Å²) in [7, 11) is 5.79. The summed E-state index contributed by atoms with van der Waals surface area (Å²) in [5.74, 6) is 1.27. The molecule has 2 N–H and O–H groups in total. The SMILES string of the molecule is [B]CC(/C=C\C(C)CCN(CC)C(N)C(=C)N1CC(C)C1)=C(C)C. The number of hydrogen-bond acceptors (Lipinski definition) is 3. The van der Waals surface area contributed by atoms with Gasteiger partial charge in [0.2, 0.25) is 0 Å². The normalized spacial score (nSPS) is 17.9. The van der Waals surface area contributed by atoms with E-state index in [1.807, 2.05) is 0 Å². The minimum Gasteiger partial charge on any atom is -0.372 e. The van der Waals surface area contributed by atoms with Gasteiger partial charge in [-0.1, -0.05) is 57.0 Å². The van der Waals surface area contributed by atoms with E-state index < -0.39 is 0 Å². The van der Waals surface area contributed by atoms with Crippen molar-refractivity contribution in [2.75, 3.05) is 26.2 Å². The van der Waals surface area contributed by atoms with Gasteiger partial charge in [-0.3, -0.25) is 4.90 Å². The Balaban J connectivity index is 2.49. The number of nitrogens with two attached hydrogens (primary N) is 1. The predicted octanol–water partition coefficient (Wildman–Crippen LogP) is 3.56. The van der Waals surface area contributed by atoms with E-state index in [2.05, 4.69) is 63.1 Å². The number of hydrogen-bond donors (Lipinski definition) is 1. The van der Waals surface area contributed by atoms with Crippen LogP contribution in [0, 0.1) is 11.8 Å². The summed E-state index contributed by atoms with van der Waals surface area (Å²) < 4.78 is 0. The molecule has 1 fully saturated rings. The highest BCUT2D eigenvalue weighted by Crippen LogP contribution is 2.22. The highest BCUT2D eigenvalue weighted by atomic mass is 15.3. The van der Waals surface area contributed by atoms with E-state index in [4.69, 9.17) is 13.6 Å². The summed E-state index contributed by atoms with van der Waals surface area (Å²) in [5, 5.41) is 0. The topological polar surface area (TPSA) is 32.5 Å². The molecule has 0 spiro atoms. The highest BCUT2D eigenvalue weighted by Gasteiger charge is 2.28. The smallest absolute Gasteiger partial charge is 0.0980 e. The molecule has 0 aliphatic carbocycles. The van der Waals surface area contributed by atoms with E-state index in [1.54, 1.807) is 0 Å². The van der Waals surface area contributed by atoms with Gasteiger partial charge in [-0.05, 0) is 38.6 Å². The van der Waals surface area contributed by atoms with Crippen molar-refractivity contribution < 1.29 is 0 Å². The third-order valence-corrected chi connectivity index (χ3v) is 4.97. The lowest BCUT2D eigenvalue weighted by molar-refractivity contribution is 0.114. The Morgan fingerprint density at radius 2 is 2.04 bits per heavy atom. The van der Waals surface area contributed by atoms with Gasteiger partial charge in [0.1, 0.15) is 0 Å². The van der Waals surface area contributed by atoms with Crippen molar-refractivity contribution in [3.8, 4) is 0 Å². The molecular formula is C20H36BN3. The molecule has 0 aromatic carbocycles. The molecule has 0 bridgehead atoms. The van der Waals surface area contributed by atoms with Gasteiger partial charge in [0.15, 0.2) is 0 Å². The third-order valence-electron chi connectivity index (χ3n) is 4.97. The highest BCUT2D eigenvalue weighted by molar-refractivity contribution is 6.10. The molecule has 1 aliphatic rings. The second kappa shape index (κ2) is 10.1. The van der Waals surface area contributed by atoms with Gasteiger partial charge < -0.3 is 10.6 Å². The average Bonchev–Trinajstić information content (AvgIpc) is 2.51. The van der Waals surface area contributed by atoms with Crippen LogP contribution in [0.2, 0.25) is 6.32 Å². The lowest BCUT2D eigenvalue weighted by Gasteiger charge is -2.44. The lowest BCUT2D eigenvalue weighted by Crippen LogP contribution is -2.53. The van der Waals surface area contributed by atoms with Crippen molar-refractivity contribution in [3.63, 3.8) is 0 Å². The Kier molecular flexibility index (Phi) is 8.86. The predicted molar refractivity (Wildman–Crippen MR) is 107 cm³/mol. The first-order valence-electron chi connectivity index (χ1n) is 9.28. The zero-order valence-corrected chi connectivity index (χ0v) is 16.4. The van der Waals surface area contributed by atoms with Crippen molar-refractivity contribution in [3.05, 3.63) is 35.6 Å². The van der Waals surface area contributed by atoms with Crippen LogP contribution in [0.15, 0.2) is 35.6 Å². The molecule has 1 saturated heterocycles. The van der Waals surface area contributed by atoms with Crippen LogP contribution in [0.5, 0.6) is 0 Å². The standard InChI is InChI=1S/C20H36BN3/c1-7-23(20(22)18(6)24-13-17(5)14-24)11-10-16(4)8-9-19(12-21)15(2)3/h8-9,16-17,20H,6-7,10-14,22H2,1-5H3/b9-8-. The minimum absolute atomic E-state index is 0.0731. The molecule has 24 heavy (non-hydrogen) atoms. The monoisotopic (exact) mass is 329 g/mol. The first kappa shape index (κ1) is 21.0. The van der Waals surface area contributed by atoms with Crippen molar-refractivity contribution in [1.29, 1.82) is 0 Å². The Hall–Kier alpha value is -0.995. The van der Waals surface area contributed by atoms with E-state index in [1.165, 1.54) is 11.1 Å². The van der Waals surface area contributed by atoms with Crippen LogP contribution < -0.4 is 5.73 Å². The molecular weight excluding hydrogens is 293 g/mol. The molecule has 2 atom stereocenters. The summed E-state index contributed by atoms with van der Waals surface area (Å²) in [6, 6.07) is 0. The molecule has 1 rings (SSSR count). The van der Waals surface area contributed by atoms with Crippen LogP contribution in [0.4, 0.5) is 0 Å². The van der Waals surface area contributed by atoms with Crippen LogP contribution in [-0.2, 0) is 0 Å². The van der Waals surface area contributed by atoms with Gasteiger partial charge in [-0.2, -0.15) is 0 Å². The minimum atomic E-state index is -0.0731. The summed E-state index contributed by atoms with van der Waals surface area (Å²) in [4.78, 5) is 4.63. The Labute approximate surface area is 151 Å². The quantitative estimate of drug-likeness (QED) is 0.378. The van der Waals surface area contributed by atoms with Crippen LogP contribution in [0.1, 0.15) is 41.0 Å². The molecule has 0 aromatic rings. The first-order valence-corrected chi connectivity index (χ1v) is 9.28. The molecule has 0 aromatic heterocycles. The number of rotatable bonds is 10. The van der Waals surface area contributed by atoms with E-state index in [0.717, 1.165) is 44.2 Å². The van der Waals surface area contributed by atoms with Crippen LogP contribution in [0.3, 0.4) is 0 Å². The molecule has 0 saturated carbocycles. The third kappa shape index (κ3) is 6.14. The summed E-state index contributed by atoms with van der Waals surface area (Å²) in [5.41, 5.74) is 10.0. The van der Waals surface area contributed by atoms with Crippen molar-refractivity contribution >= 4 is 7.85 Å². The second-order valence-electron chi connectivity index (χ2n) is 7.43. The van der Waals surface area contributed by atoms with E-state index in [-0.39, 0.29) is 6.17 Å². The number of allylic oxidation sites excluding steroid dienone is 4. The molecule has 134 valence electrons. The van der Waals surface area contributed by atoms with Crippen molar-refractivity contribution in [2.45, 2.75) is 53.5 Å². The Morgan fingerprint density at radius 1 is 1.42 bits per heavy atom. The molecule has 1 heterocycles. The molecule has 1 aliphatic heterocycles. The van der Waals surface area contributed by atoms with Crippen molar-refractivity contribution in [2.24, 2.45) is 17.6 Å². The molecule has 2 radical (unpaired) electrons. The van der Waals surface area contributed by atoms with Crippen LogP contribution in [0.25, 0.3) is 0 Å². The maximum atomic E-state index is 6.44. The van der Waals surface area contributed by atoms with E-state index >= 15 is 0 Å². The van der Waals surface area contributed by atoms with Gasteiger partial charge in [0, 0.05) is 25.3 Å². The summed E-state index contributed by atoms with van der Waals surface area (Å²) >= 11 is 0. The fraction of sp³-hybridized carbons (Fsp3) is 0.700. The number of likely N-dealkylation sites (tertiary alicyclic amines) is 1. The van der Waals surface area contributed by atoms with Gasteiger partial charge in [0.05, 0.1) is 14.0 Å². The van der Waals surface area contributed by atoms with Gasteiger partial charge in [0.25, 0.3) is 0 Å². The lowest BCUT2D eigenvalue weighted by atomic mass is 9.92. The molecule has 0 amide bonds. The Morgan fingerprint density at radius 3 is 2.50 bits per heavy atom. The molecule has 4 heteroatoms. The van der Waals surface area contributed by atoms with Crippen LogP contribution >= 0.6 is 0 Å². The Bertz CT molecular complexity index is 460. The fourth-order valence-corrected chi connectivity index (χ4v) is 3.01. The number of nitrogens with zero attached hydrogens (tertiary/aromatic N) is 2. The zero-order chi connectivity index (χ0) is 18.3. The van der Waals surface area contributed by atoms with Gasteiger partial charge in [-0.25, -0.2) is 0 Å². The van der Waals surface area contributed by atoms with Gasteiger partial charge >= 0.3 is 0 Å². The first-order chi connectivity index (χ1) is 11.3. The second-order valence-corrected chi connectivity index (χ2v) is 7.43. The molecule has 2 unspecified atom stereocenters. The van der Waals surface area contributed by atoms with Crippen LogP contribution in [-0.4, -0.2) is 50.0 Å². The average molecular weight is 329 g/mol.